The van der Waals surface area contributed by atoms with E-state index in [2.05, 4.69) is 29.8 Å². The van der Waals surface area contributed by atoms with Gasteiger partial charge in [0, 0.05) is 30.0 Å². The number of nitrogens with two attached hydrogens (primary N) is 1. The van der Waals surface area contributed by atoms with Gasteiger partial charge in [0.05, 0.1) is 42.8 Å². The van der Waals surface area contributed by atoms with E-state index in [1.807, 2.05) is 12.1 Å². The third-order valence-corrected chi connectivity index (χ3v) is 9.22. The van der Waals surface area contributed by atoms with E-state index in [1.165, 1.54) is 19.3 Å². The SMILES string of the molecule is COc1cc(-c2nc(N3CCOC[C@H]3C)cc(C3(C)CCCS3=NC3CC3)n2)cc(N)n1. The van der Waals surface area contributed by atoms with E-state index in [0.29, 0.717) is 36.8 Å². The van der Waals surface area contributed by atoms with Crippen LogP contribution in [0.5, 0.6) is 5.88 Å². The molecule has 9 heteroatoms. The quantitative estimate of drug-likeness (QED) is 0.737. The first-order valence-corrected chi connectivity index (χ1v) is 12.8. The number of rotatable bonds is 5. The number of nitrogen functional groups attached to an aromatic ring is 1. The summed E-state index contributed by atoms with van der Waals surface area (Å²) in [6.45, 7) is 6.73. The molecule has 0 spiro atoms. The Kier molecular flexibility index (Phi) is 5.79. The zero-order chi connectivity index (χ0) is 22.3. The van der Waals surface area contributed by atoms with Gasteiger partial charge in [-0.25, -0.2) is 9.97 Å². The van der Waals surface area contributed by atoms with Crippen molar-refractivity contribution in [3.05, 3.63) is 23.9 Å². The van der Waals surface area contributed by atoms with E-state index in [9.17, 15) is 0 Å². The third kappa shape index (κ3) is 4.20. The molecule has 3 fully saturated rings. The summed E-state index contributed by atoms with van der Waals surface area (Å²) in [5.74, 6) is 3.62. The van der Waals surface area contributed by atoms with Crippen LogP contribution in [0.1, 0.15) is 45.2 Å². The second-order valence-corrected chi connectivity index (χ2v) is 11.4. The maximum absolute atomic E-state index is 6.06. The van der Waals surface area contributed by atoms with Crippen molar-refractivity contribution >= 4 is 22.3 Å². The average Bonchev–Trinajstić information content (AvgIpc) is 3.54. The largest absolute Gasteiger partial charge is 0.481 e. The minimum atomic E-state index is -0.0623. The minimum Gasteiger partial charge on any atom is -0.481 e. The van der Waals surface area contributed by atoms with Crippen molar-refractivity contribution in [3.63, 3.8) is 0 Å². The van der Waals surface area contributed by atoms with Gasteiger partial charge in [0.15, 0.2) is 5.82 Å². The molecule has 2 N–H and O–H groups in total. The van der Waals surface area contributed by atoms with Crippen LogP contribution in [0, 0.1) is 0 Å². The lowest BCUT2D eigenvalue weighted by molar-refractivity contribution is 0.0985. The van der Waals surface area contributed by atoms with Gasteiger partial charge in [-0.2, -0.15) is 4.98 Å². The lowest BCUT2D eigenvalue weighted by atomic mass is 10.0. The van der Waals surface area contributed by atoms with Gasteiger partial charge in [0.2, 0.25) is 5.88 Å². The molecular formula is C23H32N6O2S. The summed E-state index contributed by atoms with van der Waals surface area (Å²) in [5.41, 5.74) is 7.96. The van der Waals surface area contributed by atoms with Gasteiger partial charge in [-0.05, 0) is 45.6 Å². The first-order valence-electron chi connectivity index (χ1n) is 11.4. The number of pyridine rings is 1. The Hall–Kier alpha value is -2.26. The molecular weight excluding hydrogens is 424 g/mol. The fourth-order valence-corrected chi connectivity index (χ4v) is 6.98. The molecule has 172 valence electrons. The highest BCUT2D eigenvalue weighted by atomic mass is 32.2. The normalized spacial score (nSPS) is 28.3. The molecule has 4 heterocycles. The number of nitrogens with zero attached hydrogens (tertiary/aromatic N) is 5. The van der Waals surface area contributed by atoms with E-state index in [1.54, 1.807) is 7.11 Å². The molecule has 0 amide bonds. The van der Waals surface area contributed by atoms with E-state index >= 15 is 0 Å². The fourth-order valence-electron chi connectivity index (χ4n) is 4.48. The van der Waals surface area contributed by atoms with Crippen molar-refractivity contribution in [1.82, 2.24) is 15.0 Å². The summed E-state index contributed by atoms with van der Waals surface area (Å²) in [4.78, 5) is 16.7. The smallest absolute Gasteiger partial charge is 0.215 e. The van der Waals surface area contributed by atoms with Crippen molar-refractivity contribution in [2.75, 3.05) is 43.3 Å². The van der Waals surface area contributed by atoms with Crippen LogP contribution >= 0.6 is 0 Å². The molecule has 8 nitrogen and oxygen atoms in total. The van der Waals surface area contributed by atoms with Gasteiger partial charge in [-0.1, -0.05) is 10.7 Å². The van der Waals surface area contributed by atoms with Crippen molar-refractivity contribution in [2.24, 2.45) is 4.36 Å². The molecule has 2 aromatic rings. The fraction of sp³-hybridized carbons (Fsp3) is 0.609. The average molecular weight is 457 g/mol. The molecule has 2 aliphatic heterocycles. The molecule has 0 bridgehead atoms. The van der Waals surface area contributed by atoms with Crippen LogP contribution in [0.3, 0.4) is 0 Å². The van der Waals surface area contributed by atoms with Crippen molar-refractivity contribution in [3.8, 4) is 17.3 Å². The van der Waals surface area contributed by atoms with Crippen LogP contribution in [0.15, 0.2) is 22.6 Å². The Bertz CT molecular complexity index is 1040. The molecule has 3 aliphatic rings. The van der Waals surface area contributed by atoms with Gasteiger partial charge in [-0.3, -0.25) is 4.36 Å². The zero-order valence-electron chi connectivity index (χ0n) is 19.1. The molecule has 1 saturated carbocycles. The van der Waals surface area contributed by atoms with Crippen molar-refractivity contribution in [2.45, 2.75) is 56.4 Å². The predicted octanol–water partition coefficient (Wildman–Crippen LogP) is 3.33. The highest BCUT2D eigenvalue weighted by molar-refractivity contribution is 7.88. The molecule has 0 aromatic carbocycles. The van der Waals surface area contributed by atoms with E-state index in [4.69, 9.17) is 29.5 Å². The topological polar surface area (TPSA) is 98.8 Å². The lowest BCUT2D eigenvalue weighted by Crippen LogP contribution is -2.44. The Morgan fingerprint density at radius 2 is 2.09 bits per heavy atom. The molecule has 5 rings (SSSR count). The summed E-state index contributed by atoms with van der Waals surface area (Å²) >= 11 is 0. The van der Waals surface area contributed by atoms with E-state index in [-0.39, 0.29) is 21.5 Å². The Morgan fingerprint density at radius 3 is 2.84 bits per heavy atom. The second kappa shape index (κ2) is 8.59. The van der Waals surface area contributed by atoms with Crippen molar-refractivity contribution in [1.29, 1.82) is 0 Å². The number of anilines is 2. The summed E-state index contributed by atoms with van der Waals surface area (Å²) < 4.78 is 16.2. The number of hydrogen-bond acceptors (Lipinski definition) is 8. The first-order chi connectivity index (χ1) is 15.5. The molecule has 1 aliphatic carbocycles. The predicted molar refractivity (Wildman–Crippen MR) is 128 cm³/mol. The number of methoxy groups -OCH3 is 1. The number of hydrogen-bond donors (Lipinski definition) is 1. The Balaban J connectivity index is 1.64. The van der Waals surface area contributed by atoms with Crippen molar-refractivity contribution < 1.29 is 9.47 Å². The Labute approximate surface area is 192 Å². The standard InChI is InChI=1S/C23H32N6O2S/c1-15-14-31-9-8-29(15)20-13-18(23(2)7-4-10-32(23)28-17-5-6-17)25-22(27-20)16-11-19(24)26-21(12-16)30-3/h11-13,15,17H,4-10,14H2,1-3H3,(H2,24,26)/t15-,23?,32?/m1/s1. The first kappa shape index (κ1) is 21.6. The summed E-state index contributed by atoms with van der Waals surface area (Å²) in [5, 5.41) is 0. The van der Waals surface area contributed by atoms with Gasteiger partial charge >= 0.3 is 0 Å². The zero-order valence-corrected chi connectivity index (χ0v) is 19.9. The van der Waals surface area contributed by atoms with Gasteiger partial charge in [0.25, 0.3) is 0 Å². The molecule has 32 heavy (non-hydrogen) atoms. The van der Waals surface area contributed by atoms with Crippen LogP contribution in [-0.4, -0.2) is 59.7 Å². The second-order valence-electron chi connectivity index (χ2n) is 9.12. The molecule has 2 aromatic heterocycles. The molecule has 0 radical (unpaired) electrons. The monoisotopic (exact) mass is 456 g/mol. The summed E-state index contributed by atoms with van der Waals surface area (Å²) in [7, 11) is 1.58. The van der Waals surface area contributed by atoms with Crippen LogP contribution in [0.25, 0.3) is 11.4 Å². The third-order valence-electron chi connectivity index (χ3n) is 6.54. The minimum absolute atomic E-state index is 0.0165. The van der Waals surface area contributed by atoms with Crippen LogP contribution in [-0.2, 0) is 20.2 Å². The van der Waals surface area contributed by atoms with Crippen LogP contribution in [0.4, 0.5) is 11.6 Å². The summed E-state index contributed by atoms with van der Waals surface area (Å²) in [6, 6.07) is 6.68. The lowest BCUT2D eigenvalue weighted by Gasteiger charge is -2.35. The van der Waals surface area contributed by atoms with E-state index in [0.717, 1.165) is 35.8 Å². The van der Waals surface area contributed by atoms with Gasteiger partial charge < -0.3 is 20.1 Å². The number of ether oxygens (including phenoxy) is 2. The molecule has 2 saturated heterocycles. The molecule has 3 atom stereocenters. The van der Waals surface area contributed by atoms with Gasteiger partial charge in [-0.15, -0.1) is 0 Å². The summed E-state index contributed by atoms with van der Waals surface area (Å²) in [6.07, 6.45) is 4.76. The Morgan fingerprint density at radius 1 is 1.25 bits per heavy atom. The van der Waals surface area contributed by atoms with Crippen LogP contribution in [0.2, 0.25) is 0 Å². The van der Waals surface area contributed by atoms with Crippen LogP contribution < -0.4 is 15.4 Å². The van der Waals surface area contributed by atoms with E-state index < -0.39 is 0 Å². The molecule has 2 unspecified atom stereocenters. The highest BCUT2D eigenvalue weighted by Gasteiger charge is 2.40. The number of aromatic nitrogens is 3. The maximum Gasteiger partial charge on any atom is 0.215 e. The van der Waals surface area contributed by atoms with Gasteiger partial charge in [0.1, 0.15) is 11.6 Å². The maximum atomic E-state index is 6.06. The number of morpholine rings is 1. The highest BCUT2D eigenvalue weighted by Crippen LogP contribution is 2.42.